The third kappa shape index (κ3) is 2.73. The number of fused-ring (bicyclic) bond motifs is 1. The van der Waals surface area contributed by atoms with Crippen LogP contribution in [0.4, 0.5) is 5.82 Å². The van der Waals surface area contributed by atoms with E-state index in [9.17, 15) is 0 Å². The molecule has 3 heterocycles. The van der Waals surface area contributed by atoms with Crippen LogP contribution in [0, 0.1) is 5.92 Å². The van der Waals surface area contributed by atoms with Gasteiger partial charge in [-0.2, -0.15) is 15.1 Å². The summed E-state index contributed by atoms with van der Waals surface area (Å²) in [6, 6.07) is 0. The predicted molar refractivity (Wildman–Crippen MR) is 81.2 cm³/mol. The summed E-state index contributed by atoms with van der Waals surface area (Å²) >= 11 is 6.02. The SMILES string of the molecule is CCCC1CCCN(c2nc(Cl)nc3[nH]ncc23)CC1. The molecule has 1 N–H and O–H groups in total. The van der Waals surface area contributed by atoms with Crippen LogP contribution in [0.2, 0.25) is 5.28 Å². The molecule has 2 aromatic heterocycles. The standard InChI is InChI=1S/C14H20ClN5/c1-2-4-10-5-3-7-20(8-6-10)13-11-9-16-19-12(11)17-14(15)18-13/h9-10H,2-8H2,1H3,(H,16,17,18,19). The summed E-state index contributed by atoms with van der Waals surface area (Å²) in [5.74, 6) is 1.77. The van der Waals surface area contributed by atoms with E-state index >= 15 is 0 Å². The van der Waals surface area contributed by atoms with E-state index < -0.39 is 0 Å². The van der Waals surface area contributed by atoms with Gasteiger partial charge in [0.1, 0.15) is 5.82 Å². The third-order valence-electron chi connectivity index (χ3n) is 4.11. The first kappa shape index (κ1) is 13.6. The highest BCUT2D eigenvalue weighted by Crippen LogP contribution is 2.28. The highest BCUT2D eigenvalue weighted by Gasteiger charge is 2.20. The normalized spacial score (nSPS) is 20.3. The Hall–Kier alpha value is -1.36. The first-order chi connectivity index (χ1) is 9.78. The Balaban J connectivity index is 1.85. The van der Waals surface area contributed by atoms with Crippen LogP contribution in [0.15, 0.2) is 6.20 Å². The van der Waals surface area contributed by atoms with Crippen LogP contribution >= 0.6 is 11.6 Å². The Morgan fingerprint density at radius 2 is 2.25 bits per heavy atom. The molecule has 1 fully saturated rings. The van der Waals surface area contributed by atoms with Crippen LogP contribution in [0.1, 0.15) is 39.0 Å². The topological polar surface area (TPSA) is 57.7 Å². The minimum absolute atomic E-state index is 0.283. The Morgan fingerprint density at radius 3 is 3.10 bits per heavy atom. The van der Waals surface area contributed by atoms with E-state index in [1.54, 1.807) is 6.20 Å². The fraction of sp³-hybridized carbons (Fsp3) is 0.643. The molecular formula is C14H20ClN5. The van der Waals surface area contributed by atoms with Crippen molar-refractivity contribution >= 4 is 28.5 Å². The van der Waals surface area contributed by atoms with Gasteiger partial charge in [-0.05, 0) is 36.8 Å². The van der Waals surface area contributed by atoms with Crippen LogP contribution in [0.5, 0.6) is 0 Å². The van der Waals surface area contributed by atoms with Crippen LogP contribution in [0.25, 0.3) is 11.0 Å². The number of H-pyrrole nitrogens is 1. The van der Waals surface area contributed by atoms with Crippen LogP contribution in [-0.2, 0) is 0 Å². The number of rotatable bonds is 3. The summed E-state index contributed by atoms with van der Waals surface area (Å²) < 4.78 is 0. The summed E-state index contributed by atoms with van der Waals surface area (Å²) in [5, 5.41) is 8.17. The molecule has 1 atom stereocenters. The van der Waals surface area contributed by atoms with Gasteiger partial charge in [-0.1, -0.05) is 19.8 Å². The molecular weight excluding hydrogens is 274 g/mol. The zero-order valence-electron chi connectivity index (χ0n) is 11.8. The lowest BCUT2D eigenvalue weighted by molar-refractivity contribution is 0.435. The lowest BCUT2D eigenvalue weighted by Crippen LogP contribution is -2.25. The third-order valence-corrected chi connectivity index (χ3v) is 4.28. The molecule has 0 saturated carbocycles. The zero-order chi connectivity index (χ0) is 13.9. The Morgan fingerprint density at radius 1 is 1.35 bits per heavy atom. The van der Waals surface area contributed by atoms with Gasteiger partial charge in [0.25, 0.3) is 0 Å². The van der Waals surface area contributed by atoms with Gasteiger partial charge in [0, 0.05) is 13.1 Å². The Labute approximate surface area is 123 Å². The van der Waals surface area contributed by atoms with Crippen LogP contribution < -0.4 is 4.90 Å². The molecule has 1 aliphatic rings. The van der Waals surface area contributed by atoms with E-state index in [1.165, 1.54) is 32.1 Å². The molecule has 0 radical (unpaired) electrons. The van der Waals surface area contributed by atoms with E-state index in [0.717, 1.165) is 30.2 Å². The van der Waals surface area contributed by atoms with E-state index in [2.05, 4.69) is 32.0 Å². The predicted octanol–water partition coefficient (Wildman–Crippen LogP) is 3.41. The first-order valence-corrected chi connectivity index (χ1v) is 7.77. The van der Waals surface area contributed by atoms with Crippen molar-refractivity contribution < 1.29 is 0 Å². The lowest BCUT2D eigenvalue weighted by Gasteiger charge is -2.22. The van der Waals surface area contributed by atoms with Crippen LogP contribution in [0.3, 0.4) is 0 Å². The smallest absolute Gasteiger partial charge is 0.226 e. The van der Waals surface area contributed by atoms with E-state index in [4.69, 9.17) is 11.6 Å². The summed E-state index contributed by atoms with van der Waals surface area (Å²) in [6.07, 6.45) is 8.16. The van der Waals surface area contributed by atoms with E-state index in [1.807, 2.05) is 0 Å². The molecule has 0 aliphatic carbocycles. The number of hydrogen-bond acceptors (Lipinski definition) is 4. The van der Waals surface area contributed by atoms with Gasteiger partial charge in [0.2, 0.25) is 5.28 Å². The molecule has 5 nitrogen and oxygen atoms in total. The number of aromatic nitrogens is 4. The van der Waals surface area contributed by atoms with Gasteiger partial charge in [0.15, 0.2) is 5.65 Å². The average Bonchev–Trinajstić information content (AvgIpc) is 2.77. The number of aromatic amines is 1. The van der Waals surface area contributed by atoms with Gasteiger partial charge in [-0.25, -0.2) is 0 Å². The molecule has 2 aromatic rings. The molecule has 3 rings (SSSR count). The van der Waals surface area contributed by atoms with Crippen molar-refractivity contribution in [3.05, 3.63) is 11.5 Å². The fourth-order valence-corrected chi connectivity index (χ4v) is 3.27. The van der Waals surface area contributed by atoms with Gasteiger partial charge in [-0.15, -0.1) is 0 Å². The number of nitrogens with one attached hydrogen (secondary N) is 1. The largest absolute Gasteiger partial charge is 0.356 e. The van der Waals surface area contributed by atoms with Crippen molar-refractivity contribution in [3.8, 4) is 0 Å². The molecule has 0 aromatic carbocycles. The van der Waals surface area contributed by atoms with Gasteiger partial charge >= 0.3 is 0 Å². The maximum Gasteiger partial charge on any atom is 0.226 e. The Bertz CT molecular complexity index is 582. The van der Waals surface area contributed by atoms with Gasteiger partial charge < -0.3 is 4.90 Å². The molecule has 0 bridgehead atoms. The minimum atomic E-state index is 0.283. The van der Waals surface area contributed by atoms with Gasteiger partial charge in [0.05, 0.1) is 11.6 Å². The lowest BCUT2D eigenvalue weighted by atomic mass is 9.96. The van der Waals surface area contributed by atoms with Gasteiger partial charge in [-0.3, -0.25) is 5.10 Å². The highest BCUT2D eigenvalue weighted by molar-refractivity contribution is 6.28. The van der Waals surface area contributed by atoms with Crippen molar-refractivity contribution in [1.29, 1.82) is 0 Å². The molecule has 0 spiro atoms. The van der Waals surface area contributed by atoms with E-state index in [0.29, 0.717) is 5.65 Å². The fourth-order valence-electron chi connectivity index (χ4n) is 3.11. The maximum absolute atomic E-state index is 6.02. The molecule has 0 amide bonds. The van der Waals surface area contributed by atoms with Crippen LogP contribution in [-0.4, -0.2) is 33.3 Å². The number of hydrogen-bond donors (Lipinski definition) is 1. The van der Waals surface area contributed by atoms with Crippen molar-refractivity contribution in [2.75, 3.05) is 18.0 Å². The summed E-state index contributed by atoms with van der Waals surface area (Å²) in [7, 11) is 0. The summed E-state index contributed by atoms with van der Waals surface area (Å²) in [5.41, 5.74) is 0.717. The molecule has 1 saturated heterocycles. The highest BCUT2D eigenvalue weighted by atomic mass is 35.5. The zero-order valence-corrected chi connectivity index (χ0v) is 12.5. The molecule has 20 heavy (non-hydrogen) atoms. The second kappa shape index (κ2) is 5.95. The summed E-state index contributed by atoms with van der Waals surface area (Å²) in [4.78, 5) is 10.9. The second-order valence-corrected chi connectivity index (χ2v) is 5.86. The quantitative estimate of drug-likeness (QED) is 0.881. The Kier molecular flexibility index (Phi) is 4.05. The van der Waals surface area contributed by atoms with Crippen molar-refractivity contribution in [3.63, 3.8) is 0 Å². The molecule has 1 unspecified atom stereocenters. The molecule has 6 heteroatoms. The number of halogens is 1. The first-order valence-electron chi connectivity index (χ1n) is 7.39. The van der Waals surface area contributed by atoms with E-state index in [-0.39, 0.29) is 5.28 Å². The van der Waals surface area contributed by atoms with Crippen molar-refractivity contribution in [2.24, 2.45) is 5.92 Å². The van der Waals surface area contributed by atoms with Crippen molar-refractivity contribution in [2.45, 2.75) is 39.0 Å². The number of anilines is 1. The maximum atomic E-state index is 6.02. The monoisotopic (exact) mass is 293 g/mol. The van der Waals surface area contributed by atoms with Crippen molar-refractivity contribution in [1.82, 2.24) is 20.2 Å². The molecule has 1 aliphatic heterocycles. The average molecular weight is 294 g/mol. The summed E-state index contributed by atoms with van der Waals surface area (Å²) in [6.45, 7) is 4.34. The number of nitrogens with zero attached hydrogens (tertiary/aromatic N) is 4. The minimum Gasteiger partial charge on any atom is -0.356 e. The second-order valence-electron chi connectivity index (χ2n) is 5.52. The molecule has 108 valence electrons.